The van der Waals surface area contributed by atoms with Gasteiger partial charge in [-0.2, -0.15) is 0 Å². The van der Waals surface area contributed by atoms with Gasteiger partial charge in [0.1, 0.15) is 13.0 Å². The van der Waals surface area contributed by atoms with E-state index in [9.17, 15) is 14.4 Å². The van der Waals surface area contributed by atoms with Gasteiger partial charge in [-0.3, -0.25) is 19.7 Å². The first-order valence-electron chi connectivity index (χ1n) is 4.99. The number of amides is 3. The highest BCUT2D eigenvalue weighted by molar-refractivity contribution is 6.08. The third-order valence-corrected chi connectivity index (χ3v) is 2.70. The maximum atomic E-state index is 11.6. The molecule has 0 bridgehead atoms. The summed E-state index contributed by atoms with van der Waals surface area (Å²) in [5.74, 6) is -1.15. The molecule has 6 nitrogen and oxygen atoms in total. The van der Waals surface area contributed by atoms with Crippen LogP contribution < -0.4 is 10.6 Å². The fraction of sp³-hybridized carbons (Fsp3) is 0.667. The minimum atomic E-state index is -0.501. The SMILES string of the molecule is O=C1CC(=O)N(C2CCNC2)CC(=O)N1. The van der Waals surface area contributed by atoms with Gasteiger partial charge in [-0.25, -0.2) is 0 Å². The van der Waals surface area contributed by atoms with Crippen molar-refractivity contribution >= 4 is 17.7 Å². The molecule has 15 heavy (non-hydrogen) atoms. The molecule has 0 aromatic carbocycles. The van der Waals surface area contributed by atoms with Crippen molar-refractivity contribution in [3.63, 3.8) is 0 Å². The minimum absolute atomic E-state index is 0.00306. The van der Waals surface area contributed by atoms with E-state index in [2.05, 4.69) is 10.6 Å². The maximum absolute atomic E-state index is 11.6. The van der Waals surface area contributed by atoms with Crippen LogP contribution in [0.5, 0.6) is 0 Å². The molecule has 2 aliphatic heterocycles. The summed E-state index contributed by atoms with van der Waals surface area (Å²) < 4.78 is 0. The second kappa shape index (κ2) is 3.98. The monoisotopic (exact) mass is 211 g/mol. The average molecular weight is 211 g/mol. The van der Waals surface area contributed by atoms with Gasteiger partial charge in [0, 0.05) is 12.6 Å². The van der Waals surface area contributed by atoms with Crippen molar-refractivity contribution in [2.45, 2.75) is 18.9 Å². The zero-order chi connectivity index (χ0) is 10.8. The highest BCUT2D eigenvalue weighted by atomic mass is 16.2. The fourth-order valence-electron chi connectivity index (χ4n) is 1.96. The molecular formula is C9H13N3O3. The van der Waals surface area contributed by atoms with Crippen molar-refractivity contribution < 1.29 is 14.4 Å². The molecule has 1 unspecified atom stereocenters. The highest BCUT2D eigenvalue weighted by Crippen LogP contribution is 2.11. The second-order valence-corrected chi connectivity index (χ2v) is 3.82. The summed E-state index contributed by atoms with van der Waals surface area (Å²) in [6, 6.07) is 0.0501. The van der Waals surface area contributed by atoms with E-state index < -0.39 is 11.8 Å². The Morgan fingerprint density at radius 3 is 2.67 bits per heavy atom. The van der Waals surface area contributed by atoms with Crippen molar-refractivity contribution in [1.29, 1.82) is 0 Å². The lowest BCUT2D eigenvalue weighted by molar-refractivity contribution is -0.136. The lowest BCUT2D eigenvalue weighted by atomic mass is 10.2. The number of nitrogens with zero attached hydrogens (tertiary/aromatic N) is 1. The molecule has 0 aliphatic carbocycles. The van der Waals surface area contributed by atoms with Crippen molar-refractivity contribution in [2.24, 2.45) is 0 Å². The van der Waals surface area contributed by atoms with Gasteiger partial charge >= 0.3 is 0 Å². The Balaban J connectivity index is 2.11. The van der Waals surface area contributed by atoms with Gasteiger partial charge in [-0.1, -0.05) is 0 Å². The van der Waals surface area contributed by atoms with Crippen LogP contribution in [0.4, 0.5) is 0 Å². The van der Waals surface area contributed by atoms with E-state index in [1.807, 2.05) is 0 Å². The number of nitrogens with one attached hydrogen (secondary N) is 2. The molecule has 2 heterocycles. The van der Waals surface area contributed by atoms with Crippen LogP contribution in [0.15, 0.2) is 0 Å². The molecule has 6 heteroatoms. The van der Waals surface area contributed by atoms with E-state index in [0.717, 1.165) is 13.0 Å². The maximum Gasteiger partial charge on any atom is 0.246 e. The predicted octanol–water partition coefficient (Wildman–Crippen LogP) is -1.78. The molecule has 3 amide bonds. The second-order valence-electron chi connectivity index (χ2n) is 3.82. The van der Waals surface area contributed by atoms with Crippen LogP contribution in [0, 0.1) is 0 Å². The summed E-state index contributed by atoms with van der Waals surface area (Å²) in [5, 5.41) is 5.29. The van der Waals surface area contributed by atoms with E-state index in [4.69, 9.17) is 0 Å². The minimum Gasteiger partial charge on any atom is -0.329 e. The normalized spacial score (nSPS) is 27.9. The molecule has 0 aromatic rings. The number of imide groups is 1. The standard InChI is InChI=1S/C9H13N3O3/c13-7-3-9(15)12(5-8(14)11-7)6-1-2-10-4-6/h6,10H,1-5H2,(H,11,13,14). The van der Waals surface area contributed by atoms with E-state index in [1.165, 1.54) is 4.90 Å². The van der Waals surface area contributed by atoms with Crippen LogP contribution in [0.25, 0.3) is 0 Å². The number of rotatable bonds is 1. The molecule has 2 saturated heterocycles. The van der Waals surface area contributed by atoms with Crippen molar-refractivity contribution in [3.8, 4) is 0 Å². The van der Waals surface area contributed by atoms with Crippen LogP contribution in [-0.4, -0.2) is 48.3 Å². The van der Waals surface area contributed by atoms with Crippen molar-refractivity contribution in [3.05, 3.63) is 0 Å². The third kappa shape index (κ3) is 2.15. The molecular weight excluding hydrogens is 198 g/mol. The highest BCUT2D eigenvalue weighted by Gasteiger charge is 2.32. The van der Waals surface area contributed by atoms with Gasteiger partial charge in [-0.05, 0) is 13.0 Å². The Labute approximate surface area is 87.0 Å². The Morgan fingerprint density at radius 2 is 2.00 bits per heavy atom. The zero-order valence-corrected chi connectivity index (χ0v) is 8.28. The van der Waals surface area contributed by atoms with Gasteiger partial charge in [0.25, 0.3) is 0 Å². The summed E-state index contributed by atoms with van der Waals surface area (Å²) in [5.41, 5.74) is 0. The number of hydrogen-bond donors (Lipinski definition) is 2. The van der Waals surface area contributed by atoms with Gasteiger partial charge in [0.05, 0.1) is 0 Å². The summed E-state index contributed by atoms with van der Waals surface area (Å²) in [6.45, 7) is 1.55. The molecule has 0 radical (unpaired) electrons. The van der Waals surface area contributed by atoms with Crippen LogP contribution in [0.2, 0.25) is 0 Å². The average Bonchev–Trinajstić information content (AvgIpc) is 2.62. The first kappa shape index (κ1) is 10.1. The largest absolute Gasteiger partial charge is 0.329 e. The summed E-state index contributed by atoms with van der Waals surface area (Å²) in [7, 11) is 0. The quantitative estimate of drug-likeness (QED) is 0.397. The van der Waals surface area contributed by atoms with Gasteiger partial charge in [0.15, 0.2) is 0 Å². The first-order chi connectivity index (χ1) is 7.16. The summed E-state index contributed by atoms with van der Waals surface area (Å²) in [4.78, 5) is 35.5. The van der Waals surface area contributed by atoms with Gasteiger partial charge in [-0.15, -0.1) is 0 Å². The Morgan fingerprint density at radius 1 is 1.20 bits per heavy atom. The smallest absolute Gasteiger partial charge is 0.246 e. The van der Waals surface area contributed by atoms with Crippen LogP contribution in [0.3, 0.4) is 0 Å². The molecule has 1 atom stereocenters. The molecule has 2 aliphatic rings. The molecule has 2 rings (SSSR count). The molecule has 2 N–H and O–H groups in total. The van der Waals surface area contributed by atoms with E-state index in [0.29, 0.717) is 6.54 Å². The van der Waals surface area contributed by atoms with Gasteiger partial charge < -0.3 is 10.2 Å². The van der Waals surface area contributed by atoms with Crippen molar-refractivity contribution in [1.82, 2.24) is 15.5 Å². The molecule has 82 valence electrons. The summed E-state index contributed by atoms with van der Waals surface area (Å²) >= 11 is 0. The van der Waals surface area contributed by atoms with Crippen LogP contribution >= 0.6 is 0 Å². The zero-order valence-electron chi connectivity index (χ0n) is 8.28. The molecule has 0 aromatic heterocycles. The molecule has 2 fully saturated rings. The van der Waals surface area contributed by atoms with E-state index in [-0.39, 0.29) is 24.9 Å². The lowest BCUT2D eigenvalue weighted by Gasteiger charge is -2.25. The Bertz CT molecular complexity index is 310. The fourth-order valence-corrected chi connectivity index (χ4v) is 1.96. The van der Waals surface area contributed by atoms with Crippen LogP contribution in [-0.2, 0) is 14.4 Å². The van der Waals surface area contributed by atoms with Crippen LogP contribution in [0.1, 0.15) is 12.8 Å². The lowest BCUT2D eigenvalue weighted by Crippen LogP contribution is -2.44. The third-order valence-electron chi connectivity index (χ3n) is 2.70. The van der Waals surface area contributed by atoms with E-state index >= 15 is 0 Å². The molecule has 0 saturated carbocycles. The number of carbonyl (C=O) groups excluding carboxylic acids is 3. The first-order valence-corrected chi connectivity index (χ1v) is 4.99. The topological polar surface area (TPSA) is 78.5 Å². The number of hydrogen-bond acceptors (Lipinski definition) is 4. The number of carbonyl (C=O) groups is 3. The van der Waals surface area contributed by atoms with Crippen molar-refractivity contribution in [2.75, 3.05) is 19.6 Å². The molecule has 0 spiro atoms. The Hall–Kier alpha value is -1.43. The van der Waals surface area contributed by atoms with E-state index in [1.54, 1.807) is 0 Å². The predicted molar refractivity (Wildman–Crippen MR) is 50.8 cm³/mol. The summed E-state index contributed by atoms with van der Waals surface area (Å²) in [6.07, 6.45) is 0.620. The van der Waals surface area contributed by atoms with Gasteiger partial charge in [0.2, 0.25) is 17.7 Å². The Kier molecular flexibility index (Phi) is 2.68.